The molecule has 0 spiro atoms. The van der Waals surface area contributed by atoms with E-state index in [2.05, 4.69) is 0 Å². The van der Waals surface area contributed by atoms with Crippen LogP contribution in [0.25, 0.3) is 0 Å². The Bertz CT molecular complexity index is 923. The minimum absolute atomic E-state index is 0.0460. The van der Waals surface area contributed by atoms with Crippen molar-refractivity contribution in [2.24, 2.45) is 35.5 Å². The fourth-order valence-electron chi connectivity index (χ4n) is 6.81. The predicted octanol–water partition coefficient (Wildman–Crippen LogP) is 7.42. The number of esters is 1. The maximum absolute atomic E-state index is 12.5. The van der Waals surface area contributed by atoms with Gasteiger partial charge in [0, 0.05) is 55.8 Å². The molecule has 0 heterocycles. The zero-order valence-electron chi connectivity index (χ0n) is 30.3. The number of hydrogen-bond donors (Lipinski definition) is 1. The molecule has 9 nitrogen and oxygen atoms in total. The van der Waals surface area contributed by atoms with Crippen LogP contribution in [0, 0.1) is 35.5 Å². The highest BCUT2D eigenvalue weighted by Crippen LogP contribution is 2.55. The molecule has 4 saturated carbocycles. The van der Waals surface area contributed by atoms with Crippen molar-refractivity contribution in [3.05, 3.63) is 0 Å². The van der Waals surface area contributed by atoms with Crippen LogP contribution in [0.3, 0.4) is 0 Å². The standard InChI is InChI=1S/C12H20O2.C11H14F6O.2C4H12O3Si/c1-12(2,3)14-11(13)10-7-8-4-5-9(10)6-8;12-10(13,14)9(18,11(15,16)17)5-8-4-6-1-2-7(8)3-6;2*1-5-8(4,6-2)7-3/h8-10H,4-7H2,1-3H3;6-8,18H,1-5H2;2*1-4H3. The number of hydrogen-bond acceptors (Lipinski definition) is 9. The van der Waals surface area contributed by atoms with Gasteiger partial charge in [0.1, 0.15) is 5.60 Å². The first kappa shape index (κ1) is 45.2. The number of aliphatic hydroxyl groups is 1. The Morgan fingerprint density at radius 1 is 0.646 bits per heavy atom. The highest BCUT2D eigenvalue weighted by molar-refractivity contribution is 6.59. The normalized spacial score (nSPS) is 27.0. The van der Waals surface area contributed by atoms with Crippen LogP contribution in [0.5, 0.6) is 0 Å². The Balaban J connectivity index is 0.000000342. The van der Waals surface area contributed by atoms with Gasteiger partial charge in [-0.2, -0.15) is 26.3 Å². The molecule has 4 bridgehead atoms. The number of halogens is 6. The van der Waals surface area contributed by atoms with E-state index in [1.807, 2.05) is 33.9 Å². The van der Waals surface area contributed by atoms with Gasteiger partial charge < -0.3 is 36.4 Å². The smallest absolute Gasteiger partial charge is 0.460 e. The molecule has 4 aliphatic rings. The molecule has 0 aromatic heterocycles. The van der Waals surface area contributed by atoms with Gasteiger partial charge in [-0.05, 0) is 95.3 Å². The maximum atomic E-state index is 12.5. The van der Waals surface area contributed by atoms with Gasteiger partial charge in [-0.25, -0.2) is 0 Å². The molecule has 0 aromatic carbocycles. The molecule has 0 radical (unpaired) electrons. The summed E-state index contributed by atoms with van der Waals surface area (Å²) in [6.07, 6.45) is -5.02. The summed E-state index contributed by atoms with van der Waals surface area (Å²) in [5.74, 6) is 1.19. The first-order valence-corrected chi connectivity index (χ1v) is 20.7. The summed E-state index contributed by atoms with van der Waals surface area (Å²) >= 11 is 0. The van der Waals surface area contributed by atoms with Gasteiger partial charge in [0.2, 0.25) is 0 Å². The van der Waals surface area contributed by atoms with E-state index in [1.54, 1.807) is 42.7 Å². The van der Waals surface area contributed by atoms with Crippen LogP contribution in [0.2, 0.25) is 13.1 Å². The third-order valence-electron chi connectivity index (χ3n) is 10.1. The molecule has 6 unspecified atom stereocenters. The summed E-state index contributed by atoms with van der Waals surface area (Å²) in [5.41, 5.74) is -4.88. The van der Waals surface area contributed by atoms with Crippen molar-refractivity contribution >= 4 is 23.6 Å². The third-order valence-corrected chi connectivity index (χ3v) is 14.5. The van der Waals surface area contributed by atoms with Crippen LogP contribution < -0.4 is 0 Å². The highest BCUT2D eigenvalue weighted by atomic mass is 28.4. The molecule has 48 heavy (non-hydrogen) atoms. The van der Waals surface area contributed by atoms with Gasteiger partial charge >= 0.3 is 35.9 Å². The van der Waals surface area contributed by atoms with E-state index in [-0.39, 0.29) is 29.3 Å². The summed E-state index contributed by atoms with van der Waals surface area (Å²) in [6.45, 7) is 9.48. The van der Waals surface area contributed by atoms with E-state index in [9.17, 15) is 31.1 Å². The zero-order valence-corrected chi connectivity index (χ0v) is 32.3. The minimum Gasteiger partial charge on any atom is -0.460 e. The maximum Gasteiger partial charge on any atom is 0.496 e. The van der Waals surface area contributed by atoms with Crippen LogP contribution in [-0.2, 0) is 36.1 Å². The van der Waals surface area contributed by atoms with E-state index in [1.165, 1.54) is 19.3 Å². The molecular formula is C31H58F6O9Si2. The summed E-state index contributed by atoms with van der Waals surface area (Å²) in [5, 5.41) is 9.12. The topological polar surface area (TPSA) is 102 Å². The number of rotatable bonds is 9. The van der Waals surface area contributed by atoms with Crippen LogP contribution in [-0.4, -0.2) is 94.9 Å². The van der Waals surface area contributed by atoms with E-state index < -0.39 is 47.9 Å². The third kappa shape index (κ3) is 12.8. The van der Waals surface area contributed by atoms with Crippen molar-refractivity contribution in [2.75, 3.05) is 42.7 Å². The molecule has 4 fully saturated rings. The quantitative estimate of drug-likeness (QED) is 0.147. The molecule has 1 N–H and O–H groups in total. The second-order valence-corrected chi connectivity index (χ2v) is 20.2. The lowest BCUT2D eigenvalue weighted by molar-refractivity contribution is -0.373. The fourth-order valence-corrected chi connectivity index (χ4v) is 7.81. The Morgan fingerprint density at radius 2 is 1.02 bits per heavy atom. The molecule has 17 heteroatoms. The van der Waals surface area contributed by atoms with Crippen LogP contribution >= 0.6 is 0 Å². The molecule has 0 aliphatic heterocycles. The van der Waals surface area contributed by atoms with E-state index in [0.717, 1.165) is 18.8 Å². The fraction of sp³-hybridized carbons (Fsp3) is 0.968. The number of fused-ring (bicyclic) bond motifs is 4. The lowest BCUT2D eigenvalue weighted by atomic mass is 9.79. The number of carbonyl (C=O) groups excluding carboxylic acids is 1. The van der Waals surface area contributed by atoms with Gasteiger partial charge in [-0.1, -0.05) is 12.8 Å². The first-order valence-electron chi connectivity index (χ1n) is 16.3. The number of alkyl halides is 6. The van der Waals surface area contributed by atoms with Gasteiger partial charge in [0.25, 0.3) is 5.60 Å². The Morgan fingerprint density at radius 3 is 1.25 bits per heavy atom. The predicted molar refractivity (Wildman–Crippen MR) is 171 cm³/mol. The highest BCUT2D eigenvalue weighted by Gasteiger charge is 2.71. The van der Waals surface area contributed by atoms with Gasteiger partial charge in [0.05, 0.1) is 5.92 Å². The van der Waals surface area contributed by atoms with Gasteiger partial charge in [-0.15, -0.1) is 0 Å². The Hall–Kier alpha value is -0.796. The summed E-state index contributed by atoms with van der Waals surface area (Å²) in [7, 11) is 5.15. The monoisotopic (exact) mass is 744 g/mol. The van der Waals surface area contributed by atoms with Crippen LogP contribution in [0.15, 0.2) is 0 Å². The number of carbonyl (C=O) groups is 1. The van der Waals surface area contributed by atoms with Crippen LogP contribution in [0.1, 0.15) is 78.6 Å². The second kappa shape index (κ2) is 18.1. The van der Waals surface area contributed by atoms with Crippen molar-refractivity contribution in [1.29, 1.82) is 0 Å². The first-order chi connectivity index (χ1) is 21.9. The Kier molecular flexibility index (Phi) is 17.1. The van der Waals surface area contributed by atoms with E-state index >= 15 is 0 Å². The molecular weight excluding hydrogens is 686 g/mol. The average Bonchev–Trinajstić information content (AvgIpc) is 3.83. The summed E-state index contributed by atoms with van der Waals surface area (Å²) < 4.78 is 110. The lowest BCUT2D eigenvalue weighted by Crippen LogP contribution is -2.58. The average molecular weight is 745 g/mol. The second-order valence-electron chi connectivity index (χ2n) is 14.3. The largest absolute Gasteiger partial charge is 0.496 e. The SMILES string of the molecule is CC(C)(C)OC(=O)C1CC2CCC1C2.CO[Si](C)(OC)OC.CO[Si](C)(OC)OC.OC(CC1CC2CCC1C2)(C(F)(F)F)C(F)(F)F. The molecule has 4 aliphatic carbocycles. The van der Waals surface area contributed by atoms with Crippen molar-refractivity contribution in [1.82, 2.24) is 0 Å². The van der Waals surface area contributed by atoms with E-state index in [0.29, 0.717) is 25.2 Å². The molecule has 0 aromatic rings. The molecule has 286 valence electrons. The van der Waals surface area contributed by atoms with Gasteiger partial charge in [0.15, 0.2) is 0 Å². The van der Waals surface area contributed by atoms with Crippen molar-refractivity contribution < 1.29 is 67.5 Å². The summed E-state index contributed by atoms with van der Waals surface area (Å²) in [6, 6.07) is 0. The lowest BCUT2D eigenvalue weighted by Gasteiger charge is -2.36. The van der Waals surface area contributed by atoms with Crippen molar-refractivity contribution in [3.63, 3.8) is 0 Å². The van der Waals surface area contributed by atoms with Crippen LogP contribution in [0.4, 0.5) is 26.3 Å². The summed E-state index contributed by atoms with van der Waals surface area (Å²) in [4.78, 5) is 11.8. The van der Waals surface area contributed by atoms with Crippen molar-refractivity contribution in [2.45, 2.75) is 115 Å². The molecule has 4 rings (SSSR count). The minimum atomic E-state index is -5.67. The zero-order chi connectivity index (χ0) is 37.4. The van der Waals surface area contributed by atoms with Crippen molar-refractivity contribution in [3.8, 4) is 0 Å². The number of ether oxygens (including phenoxy) is 1. The van der Waals surface area contributed by atoms with Gasteiger partial charge in [-0.3, -0.25) is 4.79 Å². The molecule has 0 saturated heterocycles. The Labute approximate surface area is 284 Å². The molecule has 0 amide bonds. The molecule has 6 atom stereocenters. The van der Waals surface area contributed by atoms with E-state index in [4.69, 9.17) is 36.4 Å².